The van der Waals surface area contributed by atoms with Gasteiger partial charge < -0.3 is 10.1 Å². The standard InChI is InChI=1S/C23H25N5O4S2/c1-4-32-21(31)16-10-12-33-19(16)24-18(29)13-34-23-26-25-22-27(11-9-14(2)3)20(30)15-7-5-6-8-17(15)28(22)23/h5-8,10,12,14H,4,9,11,13H2,1-3H3,(H,24,29). The van der Waals surface area contributed by atoms with Crippen molar-refractivity contribution in [1.29, 1.82) is 0 Å². The molecular weight excluding hydrogens is 474 g/mol. The van der Waals surface area contributed by atoms with Gasteiger partial charge in [0, 0.05) is 6.54 Å². The minimum Gasteiger partial charge on any atom is -0.462 e. The van der Waals surface area contributed by atoms with Gasteiger partial charge in [-0.1, -0.05) is 37.7 Å². The molecule has 0 aliphatic carbocycles. The van der Waals surface area contributed by atoms with Crippen LogP contribution in [0.5, 0.6) is 0 Å². The van der Waals surface area contributed by atoms with E-state index in [1.807, 2.05) is 22.6 Å². The van der Waals surface area contributed by atoms with E-state index in [0.29, 0.717) is 44.9 Å². The van der Waals surface area contributed by atoms with Gasteiger partial charge in [0.2, 0.25) is 11.7 Å². The van der Waals surface area contributed by atoms with E-state index < -0.39 is 5.97 Å². The Labute approximate surface area is 204 Å². The zero-order valence-electron chi connectivity index (χ0n) is 19.1. The van der Waals surface area contributed by atoms with Gasteiger partial charge in [0.05, 0.1) is 28.8 Å². The van der Waals surface area contributed by atoms with Crippen LogP contribution in [0.3, 0.4) is 0 Å². The maximum Gasteiger partial charge on any atom is 0.341 e. The summed E-state index contributed by atoms with van der Waals surface area (Å²) in [6, 6.07) is 8.95. The van der Waals surface area contributed by atoms with Crippen LogP contribution < -0.4 is 10.9 Å². The molecule has 178 valence electrons. The molecule has 0 radical (unpaired) electrons. The van der Waals surface area contributed by atoms with Crippen molar-refractivity contribution in [2.75, 3.05) is 17.7 Å². The highest BCUT2D eigenvalue weighted by Gasteiger charge is 2.19. The first kappa shape index (κ1) is 24.0. The monoisotopic (exact) mass is 499 g/mol. The van der Waals surface area contributed by atoms with Crippen LogP contribution in [0.25, 0.3) is 16.7 Å². The van der Waals surface area contributed by atoms with Gasteiger partial charge >= 0.3 is 5.97 Å². The van der Waals surface area contributed by atoms with Gasteiger partial charge in [-0.3, -0.25) is 18.6 Å². The van der Waals surface area contributed by atoms with Crippen LogP contribution >= 0.6 is 23.1 Å². The number of rotatable bonds is 9. The van der Waals surface area contributed by atoms with Gasteiger partial charge in [0.1, 0.15) is 5.00 Å². The summed E-state index contributed by atoms with van der Waals surface area (Å²) in [4.78, 5) is 37.8. The molecule has 3 heterocycles. The minimum absolute atomic E-state index is 0.0560. The Morgan fingerprint density at radius 1 is 1.21 bits per heavy atom. The second-order valence-corrected chi connectivity index (χ2v) is 9.85. The number of amides is 1. The highest BCUT2D eigenvalue weighted by atomic mass is 32.2. The summed E-state index contributed by atoms with van der Waals surface area (Å²) in [5.74, 6) is 0.180. The van der Waals surface area contributed by atoms with E-state index in [1.165, 1.54) is 23.1 Å². The van der Waals surface area contributed by atoms with Crippen molar-refractivity contribution in [3.8, 4) is 0 Å². The Morgan fingerprint density at radius 3 is 2.76 bits per heavy atom. The van der Waals surface area contributed by atoms with Gasteiger partial charge in [0.25, 0.3) is 5.56 Å². The third-order valence-corrected chi connectivity index (χ3v) is 6.91. The predicted molar refractivity (Wildman–Crippen MR) is 134 cm³/mol. The smallest absolute Gasteiger partial charge is 0.341 e. The van der Waals surface area contributed by atoms with E-state index in [-0.39, 0.29) is 23.8 Å². The number of esters is 1. The number of hydrogen-bond acceptors (Lipinski definition) is 8. The van der Waals surface area contributed by atoms with Crippen LogP contribution in [-0.2, 0) is 16.1 Å². The van der Waals surface area contributed by atoms with Crippen LogP contribution in [0.15, 0.2) is 45.7 Å². The molecule has 0 aliphatic heterocycles. The molecule has 34 heavy (non-hydrogen) atoms. The second-order valence-electron chi connectivity index (χ2n) is 8.00. The van der Waals surface area contributed by atoms with Gasteiger partial charge in [-0.15, -0.1) is 21.5 Å². The van der Waals surface area contributed by atoms with Crippen LogP contribution in [0, 0.1) is 5.92 Å². The van der Waals surface area contributed by atoms with Crippen molar-refractivity contribution in [2.45, 2.75) is 38.9 Å². The number of anilines is 1. The molecule has 0 atom stereocenters. The highest BCUT2D eigenvalue weighted by molar-refractivity contribution is 7.99. The first-order chi connectivity index (χ1) is 16.4. The summed E-state index contributed by atoms with van der Waals surface area (Å²) < 4.78 is 8.51. The minimum atomic E-state index is -0.471. The number of thiophene rings is 1. The molecule has 1 N–H and O–H groups in total. The normalized spacial score (nSPS) is 11.4. The lowest BCUT2D eigenvalue weighted by Crippen LogP contribution is -2.24. The molecule has 0 bridgehead atoms. The molecule has 0 unspecified atom stereocenters. The maximum atomic E-state index is 13.1. The van der Waals surface area contributed by atoms with Gasteiger partial charge in [-0.05, 0) is 42.8 Å². The molecule has 0 aliphatic rings. The number of carbonyl (C=O) groups is 2. The molecular formula is C23H25N5O4S2. The summed E-state index contributed by atoms with van der Waals surface area (Å²) in [5.41, 5.74) is 0.923. The number of fused-ring (bicyclic) bond motifs is 3. The Bertz CT molecular complexity index is 1410. The second kappa shape index (κ2) is 10.4. The average Bonchev–Trinajstić information content (AvgIpc) is 3.45. The van der Waals surface area contributed by atoms with Gasteiger partial charge in [-0.2, -0.15) is 0 Å². The molecule has 4 rings (SSSR count). The van der Waals surface area contributed by atoms with E-state index in [2.05, 4.69) is 29.4 Å². The van der Waals surface area contributed by atoms with E-state index in [4.69, 9.17) is 4.74 Å². The number of benzene rings is 1. The number of nitrogens with one attached hydrogen (secondary N) is 1. The molecule has 1 aromatic carbocycles. The quantitative estimate of drug-likeness (QED) is 0.273. The van der Waals surface area contributed by atoms with Gasteiger partial charge in [-0.25, -0.2) is 4.79 Å². The molecule has 0 fully saturated rings. The Hall–Kier alpha value is -3.18. The van der Waals surface area contributed by atoms with Crippen molar-refractivity contribution >= 4 is 56.7 Å². The zero-order chi connectivity index (χ0) is 24.2. The summed E-state index contributed by atoms with van der Waals surface area (Å²) in [6.45, 7) is 6.73. The molecule has 0 saturated heterocycles. The predicted octanol–water partition coefficient (Wildman–Crippen LogP) is 4.06. The number of para-hydroxylation sites is 1. The van der Waals surface area contributed by atoms with Crippen LogP contribution in [0.1, 0.15) is 37.6 Å². The first-order valence-corrected chi connectivity index (χ1v) is 12.8. The SMILES string of the molecule is CCOC(=O)c1ccsc1NC(=O)CSc1nnc2n(CCC(C)C)c(=O)c3ccccc3n12. The Kier molecular flexibility index (Phi) is 7.32. The van der Waals surface area contributed by atoms with Crippen molar-refractivity contribution in [3.63, 3.8) is 0 Å². The molecule has 11 heteroatoms. The van der Waals surface area contributed by atoms with E-state index in [1.54, 1.807) is 29.0 Å². The fourth-order valence-electron chi connectivity index (χ4n) is 3.48. The molecule has 0 spiro atoms. The number of aryl methyl sites for hydroxylation is 1. The molecule has 9 nitrogen and oxygen atoms in total. The lowest BCUT2D eigenvalue weighted by Gasteiger charge is -2.12. The number of nitrogens with zero attached hydrogens (tertiary/aromatic N) is 4. The third kappa shape index (κ3) is 4.85. The van der Waals surface area contributed by atoms with E-state index in [0.717, 1.165) is 6.42 Å². The Morgan fingerprint density at radius 2 is 2.00 bits per heavy atom. The number of hydrogen-bond donors (Lipinski definition) is 1. The molecule has 3 aromatic heterocycles. The van der Waals surface area contributed by atoms with Crippen molar-refractivity contribution in [2.24, 2.45) is 5.92 Å². The van der Waals surface area contributed by atoms with Crippen molar-refractivity contribution in [3.05, 3.63) is 51.6 Å². The number of ether oxygens (including phenoxy) is 1. The van der Waals surface area contributed by atoms with Crippen molar-refractivity contribution < 1.29 is 14.3 Å². The maximum absolute atomic E-state index is 13.1. The average molecular weight is 500 g/mol. The molecule has 0 saturated carbocycles. The van der Waals surface area contributed by atoms with Crippen LogP contribution in [-0.4, -0.2) is 43.4 Å². The molecule has 4 aromatic rings. The summed E-state index contributed by atoms with van der Waals surface area (Å²) in [7, 11) is 0. The largest absolute Gasteiger partial charge is 0.462 e. The summed E-state index contributed by atoms with van der Waals surface area (Å²) in [6.07, 6.45) is 0.829. The summed E-state index contributed by atoms with van der Waals surface area (Å²) in [5, 5.41) is 14.6. The zero-order valence-corrected chi connectivity index (χ0v) is 20.7. The number of thioether (sulfide) groups is 1. The highest BCUT2D eigenvalue weighted by Crippen LogP contribution is 2.26. The third-order valence-electron chi connectivity index (χ3n) is 5.15. The number of aromatic nitrogens is 4. The fraction of sp³-hybridized carbons (Fsp3) is 0.348. The first-order valence-electron chi connectivity index (χ1n) is 10.9. The molecule has 1 amide bonds. The van der Waals surface area contributed by atoms with Crippen molar-refractivity contribution in [1.82, 2.24) is 19.2 Å². The lowest BCUT2D eigenvalue weighted by molar-refractivity contribution is -0.113. The fourth-order valence-corrected chi connectivity index (χ4v) is 5.02. The number of carbonyl (C=O) groups excluding carboxylic acids is 2. The van der Waals surface area contributed by atoms with Crippen LogP contribution in [0.2, 0.25) is 0 Å². The summed E-state index contributed by atoms with van der Waals surface area (Å²) >= 11 is 2.47. The topological polar surface area (TPSA) is 108 Å². The van der Waals surface area contributed by atoms with E-state index >= 15 is 0 Å². The Balaban J connectivity index is 1.60. The van der Waals surface area contributed by atoms with Crippen LogP contribution in [0.4, 0.5) is 5.00 Å². The van der Waals surface area contributed by atoms with Gasteiger partial charge in [0.15, 0.2) is 5.16 Å². The van der Waals surface area contributed by atoms with E-state index in [9.17, 15) is 14.4 Å². The lowest BCUT2D eigenvalue weighted by atomic mass is 10.1.